The molecule has 0 radical (unpaired) electrons. The van der Waals surface area contributed by atoms with E-state index in [0.29, 0.717) is 36.0 Å². The third-order valence-electron chi connectivity index (χ3n) is 5.33. The minimum absolute atomic E-state index is 0.109. The molecule has 2 saturated heterocycles. The van der Waals surface area contributed by atoms with Gasteiger partial charge in [-0.05, 0) is 55.4 Å². The van der Waals surface area contributed by atoms with Crippen LogP contribution in [0.5, 0.6) is 0 Å². The van der Waals surface area contributed by atoms with E-state index in [1.165, 1.54) is 14.2 Å². The first kappa shape index (κ1) is 24.2. The zero-order valence-electron chi connectivity index (χ0n) is 19.9. The second-order valence-electron chi connectivity index (χ2n) is 9.57. The minimum atomic E-state index is -0.905. The fourth-order valence-electron chi connectivity index (χ4n) is 4.25. The molecule has 2 aliphatic rings. The standard InChI is InChI=1S/C22H36N2O6/c1-19(2)13(15(25)21(5,6)29-19)17(27-9)23-11-12-24-18(28-10)14-16(26)22(7,8)30-20(14,3)4/h23-24H,11-12H2,1-10H3/b17-13-,18-14-. The number of ketones is 2. The number of Topliss-reactive ketones (excluding diaryl/α,β-unsaturated/α-hetero) is 2. The van der Waals surface area contributed by atoms with E-state index in [0.717, 1.165) is 0 Å². The molecule has 2 aliphatic heterocycles. The largest absolute Gasteiger partial charge is 0.482 e. The number of nitrogens with one attached hydrogen (secondary N) is 2. The van der Waals surface area contributed by atoms with Crippen molar-refractivity contribution in [1.29, 1.82) is 0 Å². The highest BCUT2D eigenvalue weighted by molar-refractivity contribution is 6.06. The minimum Gasteiger partial charge on any atom is -0.482 e. The molecule has 30 heavy (non-hydrogen) atoms. The van der Waals surface area contributed by atoms with Crippen LogP contribution in [0.4, 0.5) is 0 Å². The summed E-state index contributed by atoms with van der Waals surface area (Å²) in [5, 5.41) is 6.31. The molecule has 2 N–H and O–H groups in total. The highest BCUT2D eigenvalue weighted by Crippen LogP contribution is 2.41. The first-order valence-electron chi connectivity index (χ1n) is 10.2. The van der Waals surface area contributed by atoms with Crippen molar-refractivity contribution in [1.82, 2.24) is 10.6 Å². The Morgan fingerprint density at radius 1 is 0.667 bits per heavy atom. The third-order valence-corrected chi connectivity index (χ3v) is 5.33. The molecule has 0 atom stereocenters. The molecule has 2 heterocycles. The summed E-state index contributed by atoms with van der Waals surface area (Å²) in [7, 11) is 3.03. The Hall–Kier alpha value is -2.06. The van der Waals surface area contributed by atoms with E-state index in [9.17, 15) is 9.59 Å². The molecule has 0 aromatic carbocycles. The van der Waals surface area contributed by atoms with E-state index in [-0.39, 0.29) is 11.6 Å². The lowest BCUT2D eigenvalue weighted by molar-refractivity contribution is -0.132. The van der Waals surface area contributed by atoms with Crippen LogP contribution < -0.4 is 10.6 Å². The predicted octanol–water partition coefficient (Wildman–Crippen LogP) is 2.19. The number of hydrogen-bond donors (Lipinski definition) is 2. The van der Waals surface area contributed by atoms with Gasteiger partial charge in [-0.1, -0.05) is 0 Å². The van der Waals surface area contributed by atoms with Crippen LogP contribution in [0.3, 0.4) is 0 Å². The van der Waals surface area contributed by atoms with Crippen LogP contribution in [-0.4, -0.2) is 61.3 Å². The van der Waals surface area contributed by atoms with Gasteiger partial charge in [-0.2, -0.15) is 0 Å². The van der Waals surface area contributed by atoms with Gasteiger partial charge in [-0.15, -0.1) is 0 Å². The Morgan fingerprint density at radius 2 is 0.967 bits per heavy atom. The van der Waals surface area contributed by atoms with E-state index in [2.05, 4.69) is 10.6 Å². The molecule has 2 fully saturated rings. The zero-order valence-corrected chi connectivity index (χ0v) is 19.9. The smallest absolute Gasteiger partial charge is 0.198 e. The molecule has 0 unspecified atom stereocenters. The van der Waals surface area contributed by atoms with Crippen LogP contribution in [0.1, 0.15) is 55.4 Å². The molecule has 0 spiro atoms. The second kappa shape index (κ2) is 7.89. The highest BCUT2D eigenvalue weighted by atomic mass is 16.5. The van der Waals surface area contributed by atoms with Crippen LogP contribution in [0.15, 0.2) is 22.9 Å². The lowest BCUT2D eigenvalue weighted by Gasteiger charge is -2.24. The number of methoxy groups -OCH3 is 2. The van der Waals surface area contributed by atoms with Crippen LogP contribution in [0, 0.1) is 0 Å². The summed E-state index contributed by atoms with van der Waals surface area (Å²) in [5.41, 5.74) is -2.40. The Kier molecular flexibility index (Phi) is 6.37. The number of ether oxygens (including phenoxy) is 4. The summed E-state index contributed by atoms with van der Waals surface area (Å²) >= 11 is 0. The van der Waals surface area contributed by atoms with Gasteiger partial charge in [-0.25, -0.2) is 0 Å². The average Bonchev–Trinajstić information content (AvgIpc) is 2.86. The van der Waals surface area contributed by atoms with E-state index in [1.54, 1.807) is 27.7 Å². The number of rotatable bonds is 7. The highest BCUT2D eigenvalue weighted by Gasteiger charge is 2.52. The van der Waals surface area contributed by atoms with E-state index >= 15 is 0 Å². The maximum Gasteiger partial charge on any atom is 0.198 e. The van der Waals surface area contributed by atoms with Gasteiger partial charge >= 0.3 is 0 Å². The van der Waals surface area contributed by atoms with Crippen molar-refractivity contribution in [2.75, 3.05) is 27.3 Å². The van der Waals surface area contributed by atoms with Crippen molar-refractivity contribution in [3.63, 3.8) is 0 Å². The molecule has 0 aliphatic carbocycles. The van der Waals surface area contributed by atoms with Crippen LogP contribution in [0.2, 0.25) is 0 Å². The zero-order chi connectivity index (χ0) is 23.1. The summed E-state index contributed by atoms with van der Waals surface area (Å²) in [6.07, 6.45) is 0. The molecule has 170 valence electrons. The molecular formula is C22H36N2O6. The van der Waals surface area contributed by atoms with Crippen molar-refractivity contribution < 1.29 is 28.5 Å². The lowest BCUT2D eigenvalue weighted by Crippen LogP contribution is -2.34. The second-order valence-corrected chi connectivity index (χ2v) is 9.57. The summed E-state index contributed by atoms with van der Waals surface area (Å²) in [6, 6.07) is 0. The van der Waals surface area contributed by atoms with Crippen LogP contribution in [-0.2, 0) is 28.5 Å². The monoisotopic (exact) mass is 424 g/mol. The normalized spacial score (nSPS) is 27.0. The van der Waals surface area contributed by atoms with Gasteiger partial charge < -0.3 is 29.6 Å². The summed E-state index contributed by atoms with van der Waals surface area (Å²) in [4.78, 5) is 25.6. The topological polar surface area (TPSA) is 95.1 Å². The van der Waals surface area contributed by atoms with Crippen molar-refractivity contribution in [2.45, 2.75) is 77.8 Å². The van der Waals surface area contributed by atoms with Gasteiger partial charge in [0.25, 0.3) is 0 Å². The summed E-state index contributed by atoms with van der Waals surface area (Å²) in [6.45, 7) is 15.2. The average molecular weight is 425 g/mol. The quantitative estimate of drug-likeness (QED) is 0.365. The lowest BCUT2D eigenvalue weighted by atomic mass is 9.92. The van der Waals surface area contributed by atoms with Crippen LogP contribution in [0.25, 0.3) is 0 Å². The summed E-state index contributed by atoms with van der Waals surface area (Å²) < 4.78 is 22.7. The fraction of sp³-hybridized carbons (Fsp3) is 0.727. The van der Waals surface area contributed by atoms with Crippen molar-refractivity contribution in [3.8, 4) is 0 Å². The molecule has 2 rings (SSSR count). The maximum atomic E-state index is 12.8. The van der Waals surface area contributed by atoms with Gasteiger partial charge in [0.15, 0.2) is 23.3 Å². The summed E-state index contributed by atoms with van der Waals surface area (Å²) in [5.74, 6) is 0.542. The Morgan fingerprint density at radius 3 is 1.17 bits per heavy atom. The SMILES string of the molecule is CO/C(NCCN/C(OC)=C1\C(=O)C(C)(C)OC1(C)C)=C1/C(=O)C(C)(C)OC1(C)C. The number of hydrogen-bond acceptors (Lipinski definition) is 8. The van der Waals surface area contributed by atoms with E-state index < -0.39 is 22.4 Å². The fourth-order valence-corrected chi connectivity index (χ4v) is 4.25. The molecule has 0 bridgehead atoms. The number of carbonyl (C=O) groups is 2. The maximum absolute atomic E-state index is 12.8. The van der Waals surface area contributed by atoms with Crippen molar-refractivity contribution in [3.05, 3.63) is 22.9 Å². The Labute approximate surface area is 179 Å². The number of carbonyl (C=O) groups excluding carboxylic acids is 2. The third kappa shape index (κ3) is 4.34. The molecule has 0 aromatic heterocycles. The van der Waals surface area contributed by atoms with Gasteiger partial charge in [0.05, 0.1) is 36.6 Å². The first-order valence-corrected chi connectivity index (χ1v) is 10.2. The molecule has 0 aromatic rings. The Balaban J connectivity index is 2.15. The van der Waals surface area contributed by atoms with Gasteiger partial charge in [0.2, 0.25) is 0 Å². The molecule has 0 amide bonds. The van der Waals surface area contributed by atoms with Gasteiger partial charge in [-0.3, -0.25) is 9.59 Å². The first-order chi connectivity index (χ1) is 13.6. The van der Waals surface area contributed by atoms with Crippen LogP contribution >= 0.6 is 0 Å². The van der Waals surface area contributed by atoms with Crippen molar-refractivity contribution in [2.24, 2.45) is 0 Å². The molecule has 0 saturated carbocycles. The predicted molar refractivity (Wildman–Crippen MR) is 113 cm³/mol. The molecule has 8 heteroatoms. The van der Waals surface area contributed by atoms with Crippen molar-refractivity contribution >= 4 is 11.6 Å². The Bertz CT molecular complexity index is 723. The van der Waals surface area contributed by atoms with Gasteiger partial charge in [0.1, 0.15) is 11.2 Å². The van der Waals surface area contributed by atoms with Gasteiger partial charge in [0, 0.05) is 13.1 Å². The van der Waals surface area contributed by atoms with E-state index in [4.69, 9.17) is 18.9 Å². The molecule has 8 nitrogen and oxygen atoms in total. The van der Waals surface area contributed by atoms with E-state index in [1.807, 2.05) is 27.7 Å². The molecular weight excluding hydrogens is 388 g/mol.